The van der Waals surface area contributed by atoms with E-state index in [2.05, 4.69) is 36.8 Å². The summed E-state index contributed by atoms with van der Waals surface area (Å²) in [6.45, 7) is 0. The van der Waals surface area contributed by atoms with E-state index in [0.717, 1.165) is 10.0 Å². The number of aliphatic carboxylic acids is 1. The molecule has 0 amide bonds. The summed E-state index contributed by atoms with van der Waals surface area (Å²) >= 11 is 6.49. The molecule has 3 N–H and O–H groups in total. The highest BCUT2D eigenvalue weighted by molar-refractivity contribution is 9.13. The van der Waals surface area contributed by atoms with Crippen LogP contribution >= 0.6 is 31.9 Å². The van der Waals surface area contributed by atoms with Gasteiger partial charge < -0.3 is 10.8 Å². The van der Waals surface area contributed by atoms with Crippen LogP contribution in [0.2, 0.25) is 0 Å². The highest BCUT2D eigenvalue weighted by Gasteiger charge is 2.12. The molecule has 0 radical (unpaired) electrons. The molecule has 0 aromatic carbocycles. The summed E-state index contributed by atoms with van der Waals surface area (Å²) in [5.41, 5.74) is 6.17. The summed E-state index contributed by atoms with van der Waals surface area (Å²) in [5.74, 6) is -1.01. The smallest absolute Gasteiger partial charge is 0.320 e. The number of carbonyl (C=O) groups is 1. The highest BCUT2D eigenvalue weighted by Crippen LogP contribution is 2.21. The van der Waals surface area contributed by atoms with Crippen LogP contribution in [0.3, 0.4) is 0 Å². The lowest BCUT2D eigenvalue weighted by atomic mass is 10.1. The third-order valence-corrected chi connectivity index (χ3v) is 3.39. The Hall–Kier alpha value is -0.460. The Bertz CT molecular complexity index is 357. The van der Waals surface area contributed by atoms with Crippen molar-refractivity contribution >= 4 is 37.8 Å². The summed E-state index contributed by atoms with van der Waals surface area (Å²) in [6, 6.07) is 0.907. The van der Waals surface area contributed by atoms with E-state index in [-0.39, 0.29) is 6.42 Å². The van der Waals surface area contributed by atoms with E-state index in [4.69, 9.17) is 10.8 Å². The maximum Gasteiger partial charge on any atom is 0.320 e. The van der Waals surface area contributed by atoms with Crippen LogP contribution in [-0.2, 0) is 11.2 Å². The summed E-state index contributed by atoms with van der Waals surface area (Å²) < 4.78 is 1.47. The van der Waals surface area contributed by atoms with Gasteiger partial charge in [-0.25, -0.2) is 4.98 Å². The molecule has 0 bridgehead atoms. The largest absolute Gasteiger partial charge is 0.480 e. The minimum Gasteiger partial charge on any atom is -0.480 e. The number of nitrogens with two attached hydrogens (primary N) is 1. The van der Waals surface area contributed by atoms with Gasteiger partial charge in [0.05, 0.1) is 4.47 Å². The molecule has 0 spiro atoms. The van der Waals surface area contributed by atoms with Gasteiger partial charge in [-0.2, -0.15) is 0 Å². The first kappa shape index (κ1) is 11.6. The third kappa shape index (κ3) is 3.04. The monoisotopic (exact) mass is 322 g/mol. The average molecular weight is 324 g/mol. The van der Waals surface area contributed by atoms with Crippen LogP contribution in [0.5, 0.6) is 0 Å². The van der Waals surface area contributed by atoms with Crippen molar-refractivity contribution in [1.82, 2.24) is 4.98 Å². The summed E-state index contributed by atoms with van der Waals surface area (Å²) in [5, 5.41) is 8.60. The lowest BCUT2D eigenvalue weighted by Gasteiger charge is -2.06. The number of rotatable bonds is 3. The van der Waals surface area contributed by atoms with Gasteiger partial charge in [0.15, 0.2) is 0 Å². The normalized spacial score (nSPS) is 12.5. The first-order valence-electron chi connectivity index (χ1n) is 3.79. The fourth-order valence-corrected chi connectivity index (χ4v) is 1.53. The fraction of sp³-hybridized carbons (Fsp3) is 0.250. The minimum atomic E-state index is -1.01. The van der Waals surface area contributed by atoms with Crippen molar-refractivity contribution in [3.05, 3.63) is 26.9 Å². The van der Waals surface area contributed by atoms with E-state index in [1.807, 2.05) is 0 Å². The molecule has 0 saturated heterocycles. The van der Waals surface area contributed by atoms with Crippen molar-refractivity contribution in [3.63, 3.8) is 0 Å². The highest BCUT2D eigenvalue weighted by atomic mass is 79.9. The molecule has 0 aliphatic rings. The van der Waals surface area contributed by atoms with Gasteiger partial charge >= 0.3 is 5.97 Å². The molecule has 0 unspecified atom stereocenters. The predicted octanol–water partition coefficient (Wildman–Crippen LogP) is 1.56. The standard InChI is InChI=1S/C8H8Br2N2O2/c9-5-1-4(3-12-7(5)10)2-6(11)8(13)14/h1,3,6H,2,11H2,(H,13,14)/t6-/m1/s1. The molecule has 0 aliphatic heterocycles. The maximum absolute atomic E-state index is 10.5. The molecule has 1 atom stereocenters. The van der Waals surface area contributed by atoms with Crippen molar-refractivity contribution in [2.45, 2.75) is 12.5 Å². The fourth-order valence-electron chi connectivity index (χ4n) is 0.914. The third-order valence-electron chi connectivity index (χ3n) is 1.63. The molecular formula is C8H8Br2N2O2. The van der Waals surface area contributed by atoms with Crippen molar-refractivity contribution < 1.29 is 9.90 Å². The molecule has 76 valence electrons. The lowest BCUT2D eigenvalue weighted by Crippen LogP contribution is -2.32. The molecule has 1 aromatic rings. The van der Waals surface area contributed by atoms with Gasteiger partial charge in [-0.1, -0.05) is 0 Å². The van der Waals surface area contributed by atoms with Crippen LogP contribution in [0.15, 0.2) is 21.3 Å². The topological polar surface area (TPSA) is 76.2 Å². The molecule has 6 heteroatoms. The number of nitrogens with zero attached hydrogens (tertiary/aromatic N) is 1. The second-order valence-corrected chi connectivity index (χ2v) is 4.37. The van der Waals surface area contributed by atoms with Crippen LogP contribution in [-0.4, -0.2) is 22.1 Å². The van der Waals surface area contributed by atoms with Gasteiger partial charge in [0.2, 0.25) is 0 Å². The van der Waals surface area contributed by atoms with Crippen molar-refractivity contribution in [2.24, 2.45) is 5.73 Å². The Morgan fingerprint density at radius 2 is 2.29 bits per heavy atom. The predicted molar refractivity (Wildman–Crippen MR) is 59.0 cm³/mol. The lowest BCUT2D eigenvalue weighted by molar-refractivity contribution is -0.138. The number of pyridine rings is 1. The molecule has 0 fully saturated rings. The van der Waals surface area contributed by atoms with Crippen LogP contribution in [0.1, 0.15) is 5.56 Å². The van der Waals surface area contributed by atoms with Crippen LogP contribution in [0, 0.1) is 0 Å². The summed E-state index contributed by atoms with van der Waals surface area (Å²) in [7, 11) is 0. The SMILES string of the molecule is N[C@H](Cc1cnc(Br)c(Br)c1)C(=O)O. The molecule has 4 nitrogen and oxygen atoms in total. The second-order valence-electron chi connectivity index (χ2n) is 2.77. The number of aromatic nitrogens is 1. The van der Waals surface area contributed by atoms with Crippen molar-refractivity contribution in [3.8, 4) is 0 Å². The van der Waals surface area contributed by atoms with Gasteiger partial charge in [0, 0.05) is 6.20 Å². The zero-order valence-electron chi connectivity index (χ0n) is 7.08. The molecule has 14 heavy (non-hydrogen) atoms. The Labute approximate surface area is 97.8 Å². The van der Waals surface area contributed by atoms with E-state index >= 15 is 0 Å². The van der Waals surface area contributed by atoms with Gasteiger partial charge in [-0.05, 0) is 49.9 Å². The van der Waals surface area contributed by atoms with E-state index in [1.165, 1.54) is 0 Å². The number of hydrogen-bond donors (Lipinski definition) is 2. The Morgan fingerprint density at radius 3 is 2.79 bits per heavy atom. The van der Waals surface area contributed by atoms with Gasteiger partial charge in [0.25, 0.3) is 0 Å². The Kier molecular flexibility index (Phi) is 4.03. The van der Waals surface area contributed by atoms with Crippen LogP contribution in [0.4, 0.5) is 0 Å². The molecule has 1 aromatic heterocycles. The van der Waals surface area contributed by atoms with Crippen molar-refractivity contribution in [2.75, 3.05) is 0 Å². The average Bonchev–Trinajstić information content (AvgIpc) is 2.11. The van der Waals surface area contributed by atoms with Crippen molar-refractivity contribution in [1.29, 1.82) is 0 Å². The van der Waals surface area contributed by atoms with E-state index in [1.54, 1.807) is 12.3 Å². The van der Waals surface area contributed by atoms with Crippen LogP contribution in [0.25, 0.3) is 0 Å². The van der Waals surface area contributed by atoms with Gasteiger partial charge in [-0.3, -0.25) is 4.79 Å². The zero-order chi connectivity index (χ0) is 10.7. The quantitative estimate of drug-likeness (QED) is 0.828. The Morgan fingerprint density at radius 1 is 1.64 bits per heavy atom. The molecular weight excluding hydrogens is 316 g/mol. The summed E-state index contributed by atoms with van der Waals surface area (Å²) in [4.78, 5) is 14.5. The zero-order valence-corrected chi connectivity index (χ0v) is 10.2. The van der Waals surface area contributed by atoms with E-state index < -0.39 is 12.0 Å². The summed E-state index contributed by atoms with van der Waals surface area (Å²) in [6.07, 6.45) is 1.87. The maximum atomic E-state index is 10.5. The first-order chi connectivity index (χ1) is 6.50. The van der Waals surface area contributed by atoms with E-state index in [0.29, 0.717) is 4.60 Å². The number of hydrogen-bond acceptors (Lipinski definition) is 3. The Balaban J connectivity index is 2.78. The second kappa shape index (κ2) is 4.86. The number of carboxylic acids is 1. The number of carboxylic acid groups (broad SMARTS) is 1. The van der Waals surface area contributed by atoms with E-state index in [9.17, 15) is 4.79 Å². The molecule has 0 saturated carbocycles. The molecule has 0 aliphatic carbocycles. The first-order valence-corrected chi connectivity index (χ1v) is 5.37. The number of halogens is 2. The van der Waals surface area contributed by atoms with Gasteiger partial charge in [0.1, 0.15) is 10.6 Å². The van der Waals surface area contributed by atoms with Crippen LogP contribution < -0.4 is 5.73 Å². The molecule has 1 rings (SSSR count). The molecule has 1 heterocycles. The minimum absolute atomic E-state index is 0.272. The van der Waals surface area contributed by atoms with Gasteiger partial charge in [-0.15, -0.1) is 0 Å².